The van der Waals surface area contributed by atoms with Crippen LogP contribution >= 0.6 is 11.8 Å². The Bertz CT molecular complexity index is 462. The second-order valence-electron chi connectivity index (χ2n) is 6.47. The molecule has 2 fully saturated rings. The van der Waals surface area contributed by atoms with Crippen molar-refractivity contribution in [1.82, 2.24) is 5.32 Å². The summed E-state index contributed by atoms with van der Waals surface area (Å²) in [7, 11) is 0. The van der Waals surface area contributed by atoms with E-state index >= 15 is 0 Å². The van der Waals surface area contributed by atoms with Gasteiger partial charge in [-0.15, -0.1) is 0 Å². The summed E-state index contributed by atoms with van der Waals surface area (Å²) in [6.07, 6.45) is 1.70. The average molecular weight is 299 g/mol. The van der Waals surface area contributed by atoms with Gasteiger partial charge in [0.15, 0.2) is 0 Å². The van der Waals surface area contributed by atoms with E-state index < -0.39 is 22.8 Å². The van der Waals surface area contributed by atoms with Crippen LogP contribution in [0.1, 0.15) is 40.0 Å². The zero-order valence-corrected chi connectivity index (χ0v) is 12.9. The van der Waals surface area contributed by atoms with Gasteiger partial charge < -0.3 is 10.4 Å². The molecule has 3 unspecified atom stereocenters. The van der Waals surface area contributed by atoms with Crippen LogP contribution in [0.2, 0.25) is 0 Å². The molecule has 1 saturated heterocycles. The van der Waals surface area contributed by atoms with E-state index in [0.29, 0.717) is 19.3 Å². The van der Waals surface area contributed by atoms with Crippen molar-refractivity contribution >= 4 is 28.8 Å². The number of carboxylic acid groups (broad SMARTS) is 1. The highest BCUT2D eigenvalue weighted by molar-refractivity contribution is 8.14. The Hall–Kier alpha value is -1.04. The predicted molar refractivity (Wildman–Crippen MR) is 76.3 cm³/mol. The molecule has 1 aliphatic heterocycles. The maximum absolute atomic E-state index is 12.4. The van der Waals surface area contributed by atoms with Gasteiger partial charge in [0.05, 0.1) is 11.5 Å². The highest BCUT2D eigenvalue weighted by atomic mass is 32.2. The lowest BCUT2D eigenvalue weighted by atomic mass is 9.65. The third kappa shape index (κ3) is 2.24. The molecule has 2 aliphatic rings. The fourth-order valence-corrected chi connectivity index (χ4v) is 4.17. The van der Waals surface area contributed by atoms with Crippen LogP contribution in [-0.4, -0.2) is 33.9 Å². The van der Waals surface area contributed by atoms with Crippen LogP contribution in [0.25, 0.3) is 0 Å². The Kier molecular flexibility index (Phi) is 3.88. The van der Waals surface area contributed by atoms with Gasteiger partial charge in [0.1, 0.15) is 0 Å². The van der Waals surface area contributed by atoms with Crippen LogP contribution in [0, 0.1) is 16.7 Å². The van der Waals surface area contributed by atoms with Crippen molar-refractivity contribution < 1.29 is 19.5 Å². The van der Waals surface area contributed by atoms with Crippen LogP contribution in [0.3, 0.4) is 0 Å². The predicted octanol–water partition coefficient (Wildman–Crippen LogP) is 1.66. The van der Waals surface area contributed by atoms with Crippen LogP contribution in [-0.2, 0) is 14.4 Å². The van der Waals surface area contributed by atoms with Crippen molar-refractivity contribution in [1.29, 1.82) is 0 Å². The van der Waals surface area contributed by atoms with Gasteiger partial charge in [-0.3, -0.25) is 14.4 Å². The molecule has 6 heteroatoms. The van der Waals surface area contributed by atoms with Crippen LogP contribution in [0.15, 0.2) is 0 Å². The molecule has 0 radical (unpaired) electrons. The van der Waals surface area contributed by atoms with E-state index in [1.165, 1.54) is 11.8 Å². The summed E-state index contributed by atoms with van der Waals surface area (Å²) in [5.74, 6) is -0.655. The largest absolute Gasteiger partial charge is 0.481 e. The monoisotopic (exact) mass is 299 g/mol. The summed E-state index contributed by atoms with van der Waals surface area (Å²) in [6, 6.07) is -0.403. The van der Waals surface area contributed by atoms with E-state index in [1.807, 2.05) is 13.8 Å². The van der Waals surface area contributed by atoms with Crippen LogP contribution < -0.4 is 5.32 Å². The number of hydrogen-bond acceptors (Lipinski definition) is 4. The second-order valence-corrected chi connectivity index (χ2v) is 7.57. The number of thioether (sulfide) groups is 1. The summed E-state index contributed by atoms with van der Waals surface area (Å²) in [6.45, 7) is 5.38. The molecular weight excluding hydrogens is 278 g/mol. The molecule has 2 N–H and O–H groups in total. The van der Waals surface area contributed by atoms with Crippen molar-refractivity contribution in [3.63, 3.8) is 0 Å². The van der Waals surface area contributed by atoms with E-state index in [0.717, 1.165) is 5.75 Å². The fraction of sp³-hybridized carbons (Fsp3) is 0.786. The van der Waals surface area contributed by atoms with E-state index in [9.17, 15) is 19.5 Å². The maximum Gasteiger partial charge on any atom is 0.309 e. The molecule has 20 heavy (non-hydrogen) atoms. The van der Waals surface area contributed by atoms with Gasteiger partial charge in [0.25, 0.3) is 0 Å². The molecule has 0 aromatic heterocycles. The quantitative estimate of drug-likeness (QED) is 0.828. The van der Waals surface area contributed by atoms with Crippen molar-refractivity contribution in [3.8, 4) is 0 Å². The third-order valence-electron chi connectivity index (χ3n) is 5.27. The normalized spacial score (nSPS) is 36.0. The Morgan fingerprint density at radius 3 is 2.40 bits per heavy atom. The van der Waals surface area contributed by atoms with Gasteiger partial charge >= 0.3 is 5.97 Å². The second kappa shape index (κ2) is 5.06. The number of carboxylic acids is 1. The molecule has 5 nitrogen and oxygen atoms in total. The minimum atomic E-state index is -0.899. The number of nitrogens with one attached hydrogen (secondary N) is 1. The first-order valence-electron chi connectivity index (χ1n) is 6.90. The van der Waals surface area contributed by atoms with Gasteiger partial charge in [-0.2, -0.15) is 0 Å². The molecule has 0 aromatic rings. The molecule has 1 saturated carbocycles. The van der Waals surface area contributed by atoms with Crippen molar-refractivity contribution in [2.45, 2.75) is 46.1 Å². The SMILES string of the molecule is CC1(C(=O)O)CCC(C(=O)NC2CCSC2=O)C1(C)C. The number of carbonyl (C=O) groups is 3. The number of aliphatic carboxylic acids is 1. The molecule has 1 heterocycles. The third-order valence-corrected chi connectivity index (χ3v) is 6.28. The number of carbonyl (C=O) groups excluding carboxylic acids is 2. The first-order valence-corrected chi connectivity index (χ1v) is 7.89. The van der Waals surface area contributed by atoms with E-state index in [-0.39, 0.29) is 16.9 Å². The molecule has 1 amide bonds. The lowest BCUT2D eigenvalue weighted by Crippen LogP contribution is -2.48. The van der Waals surface area contributed by atoms with Crippen LogP contribution in [0.4, 0.5) is 0 Å². The minimum Gasteiger partial charge on any atom is -0.481 e. The van der Waals surface area contributed by atoms with Crippen molar-refractivity contribution in [3.05, 3.63) is 0 Å². The van der Waals surface area contributed by atoms with Gasteiger partial charge in [-0.1, -0.05) is 25.6 Å². The number of amides is 1. The van der Waals surface area contributed by atoms with Gasteiger partial charge in [-0.05, 0) is 31.6 Å². The van der Waals surface area contributed by atoms with Gasteiger partial charge in [0.2, 0.25) is 11.0 Å². The Balaban J connectivity index is 2.12. The molecule has 0 aromatic carbocycles. The lowest BCUT2D eigenvalue weighted by Gasteiger charge is -2.38. The number of rotatable bonds is 3. The summed E-state index contributed by atoms with van der Waals surface area (Å²) < 4.78 is 0. The lowest BCUT2D eigenvalue weighted by molar-refractivity contribution is -0.155. The Labute approximate surface area is 122 Å². The summed E-state index contributed by atoms with van der Waals surface area (Å²) >= 11 is 1.25. The number of hydrogen-bond donors (Lipinski definition) is 2. The van der Waals surface area contributed by atoms with Gasteiger partial charge in [-0.25, -0.2) is 0 Å². The summed E-state index contributed by atoms with van der Waals surface area (Å²) in [4.78, 5) is 35.5. The molecule has 0 spiro atoms. The molecular formula is C14H21NO4S. The smallest absolute Gasteiger partial charge is 0.309 e. The fourth-order valence-electron chi connectivity index (χ4n) is 3.24. The van der Waals surface area contributed by atoms with E-state index in [4.69, 9.17) is 0 Å². The first-order chi connectivity index (χ1) is 9.20. The standard InChI is InChI=1S/C14H21NO4S/c1-13(2)8(4-6-14(13,3)12(18)19)10(16)15-9-5-7-20-11(9)17/h8-9H,4-7H2,1-3H3,(H,15,16)(H,18,19). The Morgan fingerprint density at radius 1 is 1.30 bits per heavy atom. The van der Waals surface area contributed by atoms with Gasteiger partial charge in [0, 0.05) is 11.7 Å². The molecule has 0 bridgehead atoms. The topological polar surface area (TPSA) is 83.5 Å². The highest BCUT2D eigenvalue weighted by Gasteiger charge is 2.58. The Morgan fingerprint density at radius 2 is 1.95 bits per heavy atom. The molecule has 112 valence electrons. The van der Waals surface area contributed by atoms with Crippen molar-refractivity contribution in [2.75, 3.05) is 5.75 Å². The molecule has 1 aliphatic carbocycles. The minimum absolute atomic E-state index is 0.00940. The average Bonchev–Trinajstić information content (AvgIpc) is 2.83. The summed E-state index contributed by atoms with van der Waals surface area (Å²) in [5, 5.41) is 12.3. The van der Waals surface area contributed by atoms with Crippen molar-refractivity contribution in [2.24, 2.45) is 16.7 Å². The maximum atomic E-state index is 12.4. The highest BCUT2D eigenvalue weighted by Crippen LogP contribution is 2.56. The van der Waals surface area contributed by atoms with E-state index in [2.05, 4.69) is 5.32 Å². The zero-order valence-electron chi connectivity index (χ0n) is 12.1. The molecule has 2 rings (SSSR count). The van der Waals surface area contributed by atoms with E-state index in [1.54, 1.807) is 6.92 Å². The molecule has 3 atom stereocenters. The van der Waals surface area contributed by atoms with Crippen LogP contribution in [0.5, 0.6) is 0 Å². The first kappa shape index (κ1) is 15.4. The zero-order chi connectivity index (χ0) is 15.1. The summed E-state index contributed by atoms with van der Waals surface area (Å²) in [5.41, 5.74) is -1.53.